The molecule has 4 rings (SSSR count). The van der Waals surface area contributed by atoms with E-state index < -0.39 is 11.1 Å². The molecular weight excluding hydrogens is 412 g/mol. The molecule has 160 valence electrons. The molecule has 0 saturated carbocycles. The Balaban J connectivity index is 1.43. The quantitative estimate of drug-likeness (QED) is 0.632. The van der Waals surface area contributed by atoms with E-state index in [-0.39, 0.29) is 12.5 Å². The summed E-state index contributed by atoms with van der Waals surface area (Å²) in [6.07, 6.45) is 3.57. The Morgan fingerprint density at radius 3 is 2.52 bits per heavy atom. The van der Waals surface area contributed by atoms with Gasteiger partial charge in [0.05, 0.1) is 4.91 Å². The van der Waals surface area contributed by atoms with Crippen molar-refractivity contribution in [3.63, 3.8) is 0 Å². The number of rotatable bonds is 5. The maximum Gasteiger partial charge on any atom is 0.294 e. The summed E-state index contributed by atoms with van der Waals surface area (Å²) in [5, 5.41) is -0.410. The minimum Gasteiger partial charge on any atom is -0.457 e. The molecule has 3 amide bonds. The van der Waals surface area contributed by atoms with E-state index in [0.717, 1.165) is 35.1 Å². The number of likely N-dealkylation sites (tertiary alicyclic amines) is 1. The molecule has 2 saturated heterocycles. The largest absolute Gasteiger partial charge is 0.457 e. The summed E-state index contributed by atoms with van der Waals surface area (Å²) in [4.78, 5) is 40.8. The molecule has 0 unspecified atom stereocenters. The molecule has 0 atom stereocenters. The second kappa shape index (κ2) is 9.39. The van der Waals surface area contributed by atoms with Crippen molar-refractivity contribution in [1.82, 2.24) is 9.80 Å². The maximum absolute atomic E-state index is 12.8. The van der Waals surface area contributed by atoms with Crippen molar-refractivity contribution >= 4 is 34.9 Å². The normalized spacial score (nSPS) is 18.7. The Hall–Kier alpha value is -3.06. The molecule has 2 aliphatic heterocycles. The number of piperidine rings is 1. The van der Waals surface area contributed by atoms with E-state index in [4.69, 9.17) is 4.74 Å². The molecule has 0 aliphatic carbocycles. The molecule has 31 heavy (non-hydrogen) atoms. The third-order valence-corrected chi connectivity index (χ3v) is 6.35. The number of amides is 3. The van der Waals surface area contributed by atoms with Crippen molar-refractivity contribution in [1.29, 1.82) is 0 Å². The van der Waals surface area contributed by atoms with Crippen LogP contribution in [0.25, 0.3) is 6.08 Å². The summed E-state index contributed by atoms with van der Waals surface area (Å²) in [6, 6.07) is 16.7. The standard InChI is InChI=1S/C24H24N2O4S/c1-17-10-12-25(13-11-17)22(27)16-26-23(28)21(31-24(26)29)15-18-6-5-9-20(14-18)30-19-7-3-2-4-8-19/h2-9,14-15,17H,10-13,16H2,1H3/b21-15+. The van der Waals surface area contributed by atoms with Gasteiger partial charge in [0.2, 0.25) is 5.91 Å². The summed E-state index contributed by atoms with van der Waals surface area (Å²) in [5.41, 5.74) is 0.746. The first-order chi connectivity index (χ1) is 15.0. The number of imide groups is 1. The molecular formula is C24H24N2O4S. The lowest BCUT2D eigenvalue weighted by Gasteiger charge is -2.31. The Morgan fingerprint density at radius 2 is 1.77 bits per heavy atom. The molecule has 0 bridgehead atoms. The summed E-state index contributed by atoms with van der Waals surface area (Å²) in [6.45, 7) is 3.33. The minimum absolute atomic E-state index is 0.172. The third kappa shape index (κ3) is 5.17. The van der Waals surface area contributed by atoms with Gasteiger partial charge in [-0.2, -0.15) is 0 Å². The summed E-state index contributed by atoms with van der Waals surface area (Å²) in [7, 11) is 0. The predicted molar refractivity (Wildman–Crippen MR) is 121 cm³/mol. The summed E-state index contributed by atoms with van der Waals surface area (Å²) >= 11 is 0.862. The minimum atomic E-state index is -0.428. The molecule has 0 N–H and O–H groups in total. The Bertz CT molecular complexity index is 1010. The number of nitrogens with zero attached hydrogens (tertiary/aromatic N) is 2. The van der Waals surface area contributed by atoms with Crippen LogP contribution in [0, 0.1) is 5.92 Å². The van der Waals surface area contributed by atoms with Gasteiger partial charge in [0.1, 0.15) is 18.0 Å². The van der Waals surface area contributed by atoms with Crippen LogP contribution in [0.2, 0.25) is 0 Å². The lowest BCUT2D eigenvalue weighted by molar-refractivity contribution is -0.136. The van der Waals surface area contributed by atoms with Gasteiger partial charge in [-0.05, 0) is 66.4 Å². The zero-order valence-corrected chi connectivity index (χ0v) is 18.1. The molecule has 2 fully saturated rings. The van der Waals surface area contributed by atoms with Crippen LogP contribution >= 0.6 is 11.8 Å². The van der Waals surface area contributed by atoms with Crippen LogP contribution in [0.5, 0.6) is 11.5 Å². The third-order valence-electron chi connectivity index (χ3n) is 5.44. The van der Waals surface area contributed by atoms with E-state index in [2.05, 4.69) is 6.92 Å². The van der Waals surface area contributed by atoms with Crippen LogP contribution in [0.4, 0.5) is 4.79 Å². The van der Waals surface area contributed by atoms with Gasteiger partial charge in [0.25, 0.3) is 11.1 Å². The first kappa shape index (κ1) is 21.2. The van der Waals surface area contributed by atoms with E-state index >= 15 is 0 Å². The van der Waals surface area contributed by atoms with E-state index in [0.29, 0.717) is 35.4 Å². The van der Waals surface area contributed by atoms with E-state index in [1.54, 1.807) is 17.0 Å². The number of thioether (sulfide) groups is 1. The second-order valence-electron chi connectivity index (χ2n) is 7.82. The monoisotopic (exact) mass is 436 g/mol. The fourth-order valence-corrected chi connectivity index (χ4v) is 4.41. The van der Waals surface area contributed by atoms with Gasteiger partial charge >= 0.3 is 0 Å². The van der Waals surface area contributed by atoms with Gasteiger partial charge in [-0.15, -0.1) is 0 Å². The second-order valence-corrected chi connectivity index (χ2v) is 8.81. The Labute approximate surface area is 185 Å². The van der Waals surface area contributed by atoms with Crippen LogP contribution in [0.3, 0.4) is 0 Å². The topological polar surface area (TPSA) is 66.9 Å². The maximum atomic E-state index is 12.8. The number of ether oxygens (including phenoxy) is 1. The molecule has 2 heterocycles. The van der Waals surface area contributed by atoms with Crippen LogP contribution < -0.4 is 4.74 Å². The zero-order chi connectivity index (χ0) is 21.8. The van der Waals surface area contributed by atoms with E-state index in [1.165, 1.54) is 0 Å². The number of carbonyl (C=O) groups is 3. The molecule has 0 aromatic heterocycles. The van der Waals surface area contributed by atoms with Crippen molar-refractivity contribution < 1.29 is 19.1 Å². The van der Waals surface area contributed by atoms with Crippen LogP contribution in [0.1, 0.15) is 25.3 Å². The highest BCUT2D eigenvalue weighted by Crippen LogP contribution is 2.33. The molecule has 2 aromatic rings. The lowest BCUT2D eigenvalue weighted by Crippen LogP contribution is -2.45. The van der Waals surface area contributed by atoms with Gasteiger partial charge in [0.15, 0.2) is 0 Å². The Kier molecular flexibility index (Phi) is 6.42. The van der Waals surface area contributed by atoms with Gasteiger partial charge < -0.3 is 9.64 Å². The highest BCUT2D eigenvalue weighted by Gasteiger charge is 2.37. The number of benzene rings is 2. The highest BCUT2D eigenvalue weighted by atomic mass is 32.2. The van der Waals surface area contributed by atoms with Gasteiger partial charge in [-0.3, -0.25) is 19.3 Å². The molecule has 6 nitrogen and oxygen atoms in total. The van der Waals surface area contributed by atoms with Gasteiger partial charge in [-0.25, -0.2) is 0 Å². The smallest absolute Gasteiger partial charge is 0.294 e. The van der Waals surface area contributed by atoms with Crippen LogP contribution in [-0.4, -0.2) is 46.5 Å². The van der Waals surface area contributed by atoms with Crippen LogP contribution in [0.15, 0.2) is 59.5 Å². The fourth-order valence-electron chi connectivity index (χ4n) is 3.57. The average molecular weight is 437 g/mol. The van der Waals surface area contributed by atoms with Crippen molar-refractivity contribution in [2.24, 2.45) is 5.92 Å². The van der Waals surface area contributed by atoms with Crippen molar-refractivity contribution in [3.8, 4) is 11.5 Å². The molecule has 0 spiro atoms. The highest BCUT2D eigenvalue weighted by molar-refractivity contribution is 8.18. The van der Waals surface area contributed by atoms with Crippen LogP contribution in [-0.2, 0) is 9.59 Å². The molecule has 2 aliphatic rings. The number of para-hydroxylation sites is 1. The Morgan fingerprint density at radius 1 is 1.06 bits per heavy atom. The van der Waals surface area contributed by atoms with Crippen molar-refractivity contribution in [2.75, 3.05) is 19.6 Å². The SMILES string of the molecule is CC1CCN(C(=O)CN2C(=O)S/C(=C/c3cccc(Oc4ccccc4)c3)C2=O)CC1. The molecule has 7 heteroatoms. The zero-order valence-electron chi connectivity index (χ0n) is 17.3. The predicted octanol–water partition coefficient (Wildman–Crippen LogP) is 4.77. The number of hydrogen-bond donors (Lipinski definition) is 0. The first-order valence-electron chi connectivity index (χ1n) is 10.4. The van der Waals surface area contributed by atoms with Crippen molar-refractivity contribution in [3.05, 3.63) is 65.1 Å². The fraction of sp³-hybridized carbons (Fsp3) is 0.292. The summed E-state index contributed by atoms with van der Waals surface area (Å²) < 4.78 is 5.83. The summed E-state index contributed by atoms with van der Waals surface area (Å²) in [5.74, 6) is 1.35. The molecule has 0 radical (unpaired) electrons. The lowest BCUT2D eigenvalue weighted by atomic mass is 9.99. The number of carbonyl (C=O) groups excluding carboxylic acids is 3. The average Bonchev–Trinajstić information content (AvgIpc) is 3.02. The number of hydrogen-bond acceptors (Lipinski definition) is 5. The van der Waals surface area contributed by atoms with E-state index in [1.807, 2.05) is 48.5 Å². The molecule has 2 aromatic carbocycles. The van der Waals surface area contributed by atoms with E-state index in [9.17, 15) is 14.4 Å². The van der Waals surface area contributed by atoms with Gasteiger partial charge in [0, 0.05) is 13.1 Å². The van der Waals surface area contributed by atoms with Crippen molar-refractivity contribution in [2.45, 2.75) is 19.8 Å². The van der Waals surface area contributed by atoms with Gasteiger partial charge in [-0.1, -0.05) is 37.3 Å². The first-order valence-corrected chi connectivity index (χ1v) is 11.2.